The molecule has 0 aromatic heterocycles. The van der Waals surface area contributed by atoms with Gasteiger partial charge >= 0.3 is 0 Å². The first-order valence-corrected chi connectivity index (χ1v) is 10.4. The minimum absolute atomic E-state index is 0.0632. The van der Waals surface area contributed by atoms with Gasteiger partial charge in [0.05, 0.1) is 27.0 Å². The van der Waals surface area contributed by atoms with Crippen LogP contribution in [0.15, 0.2) is 42.0 Å². The molecule has 1 saturated carbocycles. The molecule has 0 amide bonds. The first kappa shape index (κ1) is 21.6. The van der Waals surface area contributed by atoms with E-state index in [1.54, 1.807) is 33.5 Å². The van der Waals surface area contributed by atoms with Gasteiger partial charge in [0.2, 0.25) is 12.5 Å². The van der Waals surface area contributed by atoms with Gasteiger partial charge in [-0.15, -0.1) is 0 Å². The van der Waals surface area contributed by atoms with Crippen molar-refractivity contribution in [3.05, 3.63) is 53.1 Å². The van der Waals surface area contributed by atoms with E-state index in [-0.39, 0.29) is 12.6 Å². The number of carbonyl (C=O) groups excluding carboxylic acids is 1. The molecular weight excluding hydrogens is 410 g/mol. The maximum absolute atomic E-state index is 13.0. The highest BCUT2D eigenvalue weighted by atomic mass is 16.7. The predicted octanol–water partition coefficient (Wildman–Crippen LogP) is 4.88. The maximum Gasteiger partial charge on any atom is 0.231 e. The van der Waals surface area contributed by atoms with E-state index in [9.17, 15) is 4.79 Å². The van der Waals surface area contributed by atoms with E-state index in [1.165, 1.54) is 0 Å². The molecule has 2 aromatic rings. The number of anilines is 1. The molecule has 7 nitrogen and oxygen atoms in total. The van der Waals surface area contributed by atoms with E-state index < -0.39 is 0 Å². The van der Waals surface area contributed by atoms with Crippen LogP contribution in [0.5, 0.6) is 28.7 Å². The van der Waals surface area contributed by atoms with E-state index in [2.05, 4.69) is 11.9 Å². The summed E-state index contributed by atoms with van der Waals surface area (Å²) < 4.78 is 27.5. The Morgan fingerprint density at radius 2 is 1.62 bits per heavy atom. The number of fused-ring (bicyclic) bond motifs is 1. The molecular formula is C25H27NO6. The van der Waals surface area contributed by atoms with Crippen LogP contribution in [0.3, 0.4) is 0 Å². The first-order valence-electron chi connectivity index (χ1n) is 10.4. The molecule has 1 aliphatic carbocycles. The topological polar surface area (TPSA) is 75.3 Å². The summed E-state index contributed by atoms with van der Waals surface area (Å²) in [5, 5.41) is 3.44. The van der Waals surface area contributed by atoms with Crippen LogP contribution in [-0.2, 0) is 4.79 Å². The van der Waals surface area contributed by atoms with E-state index in [0.29, 0.717) is 52.1 Å². The fraction of sp³-hybridized carbons (Fsp3) is 0.320. The van der Waals surface area contributed by atoms with Crippen LogP contribution in [-0.4, -0.2) is 33.9 Å². The van der Waals surface area contributed by atoms with Gasteiger partial charge in [-0.1, -0.05) is 6.58 Å². The zero-order valence-corrected chi connectivity index (χ0v) is 18.8. The molecule has 1 aliphatic heterocycles. The number of methoxy groups -OCH3 is 3. The number of carbonyl (C=O) groups is 1. The Kier molecular flexibility index (Phi) is 5.99. The Balaban J connectivity index is 1.89. The van der Waals surface area contributed by atoms with Crippen LogP contribution >= 0.6 is 0 Å². The number of ether oxygens (including phenoxy) is 5. The molecule has 0 radical (unpaired) electrons. The summed E-state index contributed by atoms with van der Waals surface area (Å²) in [6, 6.07) is 7.44. The molecule has 1 heterocycles. The van der Waals surface area contributed by atoms with Gasteiger partial charge in [0.25, 0.3) is 0 Å². The third kappa shape index (κ3) is 3.86. The molecule has 168 valence electrons. The molecule has 1 N–H and O–H groups in total. The number of allylic oxidation sites excluding steroid dienone is 2. The van der Waals surface area contributed by atoms with E-state index >= 15 is 0 Å². The highest BCUT2D eigenvalue weighted by molar-refractivity contribution is 6.09. The van der Waals surface area contributed by atoms with Crippen LogP contribution in [0.2, 0.25) is 0 Å². The van der Waals surface area contributed by atoms with Crippen LogP contribution < -0.4 is 29.0 Å². The molecule has 0 unspecified atom stereocenters. The molecule has 0 atom stereocenters. The van der Waals surface area contributed by atoms with E-state index in [4.69, 9.17) is 23.7 Å². The van der Waals surface area contributed by atoms with Gasteiger partial charge in [0, 0.05) is 35.4 Å². The Bertz CT molecular complexity index is 1070. The Morgan fingerprint density at radius 1 is 0.969 bits per heavy atom. The van der Waals surface area contributed by atoms with Crippen molar-refractivity contribution in [1.82, 2.24) is 0 Å². The third-order valence-electron chi connectivity index (χ3n) is 5.69. The van der Waals surface area contributed by atoms with Crippen LogP contribution in [0.4, 0.5) is 5.69 Å². The normalized spacial score (nSPS) is 16.6. The fourth-order valence-corrected chi connectivity index (χ4v) is 4.10. The number of benzene rings is 2. The van der Waals surface area contributed by atoms with Crippen molar-refractivity contribution < 1.29 is 28.5 Å². The van der Waals surface area contributed by atoms with Crippen LogP contribution in [0.25, 0.3) is 5.70 Å². The molecule has 2 aliphatic rings. The summed E-state index contributed by atoms with van der Waals surface area (Å²) >= 11 is 0. The van der Waals surface area contributed by atoms with Gasteiger partial charge < -0.3 is 29.0 Å². The van der Waals surface area contributed by atoms with E-state index in [0.717, 1.165) is 29.5 Å². The first-order chi connectivity index (χ1) is 15.5. The summed E-state index contributed by atoms with van der Waals surface area (Å²) in [7, 11) is 4.69. The summed E-state index contributed by atoms with van der Waals surface area (Å²) in [6.07, 6.45) is 2.06. The van der Waals surface area contributed by atoms with Crippen molar-refractivity contribution >= 4 is 17.2 Å². The minimum atomic E-state index is 0.0632. The molecule has 0 spiro atoms. The van der Waals surface area contributed by atoms with Gasteiger partial charge in [-0.05, 0) is 43.0 Å². The highest BCUT2D eigenvalue weighted by Crippen LogP contribution is 2.43. The monoisotopic (exact) mass is 437 g/mol. The van der Waals surface area contributed by atoms with Gasteiger partial charge in [-0.25, -0.2) is 0 Å². The summed E-state index contributed by atoms with van der Waals surface area (Å²) in [5.41, 5.74) is 4.56. The van der Waals surface area contributed by atoms with Gasteiger partial charge in [-0.2, -0.15) is 0 Å². The molecule has 4 rings (SSSR count). The number of hydrogen-bond acceptors (Lipinski definition) is 7. The summed E-state index contributed by atoms with van der Waals surface area (Å²) in [4.78, 5) is 13.0. The second-order valence-corrected chi connectivity index (χ2v) is 7.69. The quantitative estimate of drug-likeness (QED) is 0.646. The van der Waals surface area contributed by atoms with Gasteiger partial charge in [0.1, 0.15) is 0 Å². The second kappa shape index (κ2) is 8.86. The van der Waals surface area contributed by atoms with Crippen molar-refractivity contribution in [2.75, 3.05) is 33.4 Å². The van der Waals surface area contributed by atoms with Crippen LogP contribution in [0.1, 0.15) is 30.4 Å². The van der Waals surface area contributed by atoms with Gasteiger partial charge in [0.15, 0.2) is 28.8 Å². The number of nitrogens with one attached hydrogen (secondary N) is 1. The molecule has 32 heavy (non-hydrogen) atoms. The van der Waals surface area contributed by atoms with Crippen LogP contribution in [0, 0.1) is 6.92 Å². The lowest BCUT2D eigenvalue weighted by molar-refractivity contribution is -0.115. The lowest BCUT2D eigenvalue weighted by atomic mass is 9.85. The summed E-state index contributed by atoms with van der Waals surface area (Å²) in [6.45, 7) is 6.34. The molecule has 0 saturated heterocycles. The standard InChI is InChI=1S/C25H27NO6/c1-14-7-6-8-18(27)23(14)24(17-12-20-19(9-15(17)2)31-13-32-20)26-16-10-21(28-3)25(30-5)22(11-16)29-4/h9-12,26H,1,6-8,13H2,2-5H3/b24-23-. The zero-order chi connectivity index (χ0) is 22.8. The smallest absolute Gasteiger partial charge is 0.231 e. The van der Waals surface area contributed by atoms with Crippen molar-refractivity contribution in [2.45, 2.75) is 26.2 Å². The molecule has 1 fully saturated rings. The average Bonchev–Trinajstić information content (AvgIpc) is 3.24. The van der Waals surface area contributed by atoms with Gasteiger partial charge in [-0.3, -0.25) is 4.79 Å². The fourth-order valence-electron chi connectivity index (χ4n) is 4.10. The van der Waals surface area contributed by atoms with Crippen molar-refractivity contribution in [3.63, 3.8) is 0 Å². The summed E-state index contributed by atoms with van der Waals surface area (Å²) in [5.74, 6) is 2.91. The van der Waals surface area contributed by atoms with Crippen molar-refractivity contribution in [2.24, 2.45) is 0 Å². The Labute approximate surface area is 187 Å². The Hall–Kier alpha value is -3.61. The lowest BCUT2D eigenvalue weighted by Gasteiger charge is -2.24. The second-order valence-electron chi connectivity index (χ2n) is 7.69. The van der Waals surface area contributed by atoms with E-state index in [1.807, 2.05) is 19.1 Å². The Morgan fingerprint density at radius 3 is 2.22 bits per heavy atom. The highest BCUT2D eigenvalue weighted by Gasteiger charge is 2.27. The number of aryl methyl sites for hydroxylation is 1. The lowest BCUT2D eigenvalue weighted by Crippen LogP contribution is -2.17. The van der Waals surface area contributed by atoms with Crippen molar-refractivity contribution in [1.29, 1.82) is 0 Å². The SMILES string of the molecule is C=C1CCCC(=O)/C1=C(\Nc1cc(OC)c(OC)c(OC)c1)c1cc2c(cc1C)OCO2. The molecule has 2 aromatic carbocycles. The van der Waals surface area contributed by atoms with Crippen molar-refractivity contribution in [3.8, 4) is 28.7 Å². The number of Topliss-reactive ketones (excluding diaryl/α,β-unsaturated/α-hetero) is 1. The molecule has 0 bridgehead atoms. The average molecular weight is 437 g/mol. The predicted molar refractivity (Wildman–Crippen MR) is 122 cm³/mol. The maximum atomic E-state index is 13.0. The largest absolute Gasteiger partial charge is 0.493 e. The number of rotatable bonds is 6. The number of ketones is 1. The number of hydrogen-bond donors (Lipinski definition) is 1. The minimum Gasteiger partial charge on any atom is -0.493 e. The molecule has 7 heteroatoms. The zero-order valence-electron chi connectivity index (χ0n) is 18.8. The third-order valence-corrected chi connectivity index (χ3v) is 5.69.